The molecule has 2 fully saturated rings. The molecule has 2 aliphatic rings. The summed E-state index contributed by atoms with van der Waals surface area (Å²) in [6, 6.07) is 0.323. The summed E-state index contributed by atoms with van der Waals surface area (Å²) in [4.78, 5) is 0. The van der Waals surface area contributed by atoms with Crippen LogP contribution in [0.5, 0.6) is 0 Å². The van der Waals surface area contributed by atoms with Crippen molar-refractivity contribution < 1.29 is 4.74 Å². The maximum absolute atomic E-state index is 5.93. The van der Waals surface area contributed by atoms with Gasteiger partial charge in [-0.25, -0.2) is 0 Å². The minimum Gasteiger partial charge on any atom is -0.373 e. The van der Waals surface area contributed by atoms with Gasteiger partial charge in [-0.3, -0.25) is 0 Å². The third-order valence-electron chi connectivity index (χ3n) is 2.65. The van der Waals surface area contributed by atoms with Gasteiger partial charge in [0.05, 0.1) is 12.2 Å². The van der Waals surface area contributed by atoms with Gasteiger partial charge in [0.15, 0.2) is 0 Å². The standard InChI is InChI=1S/C9H17NO/c10-8-3-1-2-4-9(8)11-7-5-6-7/h7-9H,1-6,10H2/t8-,9-/m0/s1. The van der Waals surface area contributed by atoms with E-state index in [2.05, 4.69) is 0 Å². The molecule has 2 heteroatoms. The van der Waals surface area contributed by atoms with Crippen LogP contribution >= 0.6 is 0 Å². The van der Waals surface area contributed by atoms with Crippen LogP contribution in [0.25, 0.3) is 0 Å². The quantitative estimate of drug-likeness (QED) is 0.654. The predicted octanol–water partition coefficient (Wildman–Crippen LogP) is 1.44. The van der Waals surface area contributed by atoms with Crippen LogP contribution in [0.4, 0.5) is 0 Å². The van der Waals surface area contributed by atoms with Crippen molar-refractivity contribution >= 4 is 0 Å². The molecule has 0 heterocycles. The Morgan fingerprint density at radius 2 is 1.73 bits per heavy atom. The van der Waals surface area contributed by atoms with E-state index in [1.54, 1.807) is 0 Å². The molecule has 0 bridgehead atoms. The molecule has 2 nitrogen and oxygen atoms in total. The molecule has 2 aliphatic carbocycles. The molecule has 0 radical (unpaired) electrons. The van der Waals surface area contributed by atoms with E-state index in [0.29, 0.717) is 18.2 Å². The SMILES string of the molecule is N[C@H]1CCCC[C@@H]1OC1CC1. The summed E-state index contributed by atoms with van der Waals surface area (Å²) in [7, 11) is 0. The summed E-state index contributed by atoms with van der Waals surface area (Å²) < 4.78 is 5.79. The smallest absolute Gasteiger partial charge is 0.0729 e. The Morgan fingerprint density at radius 1 is 1.00 bits per heavy atom. The van der Waals surface area contributed by atoms with E-state index in [0.717, 1.165) is 6.42 Å². The second kappa shape index (κ2) is 3.11. The van der Waals surface area contributed by atoms with E-state index in [1.165, 1.54) is 32.1 Å². The zero-order valence-corrected chi connectivity index (χ0v) is 6.96. The molecule has 0 aliphatic heterocycles. The summed E-state index contributed by atoms with van der Waals surface area (Å²) in [5.41, 5.74) is 5.93. The van der Waals surface area contributed by atoms with Gasteiger partial charge >= 0.3 is 0 Å². The number of nitrogens with two attached hydrogens (primary N) is 1. The second-order valence-electron chi connectivity index (χ2n) is 3.82. The fourth-order valence-corrected chi connectivity index (χ4v) is 1.75. The van der Waals surface area contributed by atoms with Gasteiger partial charge in [-0.1, -0.05) is 12.8 Å². The van der Waals surface area contributed by atoms with Crippen LogP contribution in [-0.2, 0) is 4.74 Å². The maximum atomic E-state index is 5.93. The van der Waals surface area contributed by atoms with Crippen LogP contribution < -0.4 is 5.73 Å². The molecule has 2 N–H and O–H groups in total. The minimum absolute atomic E-state index is 0.323. The first-order valence-corrected chi connectivity index (χ1v) is 4.77. The number of hydrogen-bond donors (Lipinski definition) is 1. The third-order valence-corrected chi connectivity index (χ3v) is 2.65. The van der Waals surface area contributed by atoms with Crippen molar-refractivity contribution in [3.05, 3.63) is 0 Å². The summed E-state index contributed by atoms with van der Waals surface area (Å²) >= 11 is 0. The number of ether oxygens (including phenoxy) is 1. The average Bonchev–Trinajstić information content (AvgIpc) is 2.78. The Hall–Kier alpha value is -0.0800. The zero-order valence-electron chi connectivity index (χ0n) is 6.96. The van der Waals surface area contributed by atoms with Crippen molar-refractivity contribution in [2.45, 2.75) is 56.8 Å². The topological polar surface area (TPSA) is 35.2 Å². The highest BCUT2D eigenvalue weighted by Gasteiger charge is 2.30. The molecule has 0 unspecified atom stereocenters. The molecule has 0 spiro atoms. The lowest BCUT2D eigenvalue weighted by Crippen LogP contribution is -2.39. The molecule has 0 aromatic heterocycles. The first-order valence-electron chi connectivity index (χ1n) is 4.77. The fraction of sp³-hybridized carbons (Fsp3) is 1.00. The molecule has 0 aromatic rings. The Kier molecular flexibility index (Phi) is 2.14. The highest BCUT2D eigenvalue weighted by atomic mass is 16.5. The largest absolute Gasteiger partial charge is 0.373 e. The molecular weight excluding hydrogens is 138 g/mol. The van der Waals surface area contributed by atoms with Gasteiger partial charge in [0.1, 0.15) is 0 Å². The first kappa shape index (κ1) is 7.56. The fourth-order valence-electron chi connectivity index (χ4n) is 1.75. The molecular formula is C9H17NO. The van der Waals surface area contributed by atoms with Crippen LogP contribution in [0, 0.1) is 0 Å². The van der Waals surface area contributed by atoms with Crippen molar-refractivity contribution in [3.8, 4) is 0 Å². The molecule has 11 heavy (non-hydrogen) atoms. The van der Waals surface area contributed by atoms with Gasteiger partial charge < -0.3 is 10.5 Å². The molecule has 2 saturated carbocycles. The minimum atomic E-state index is 0.323. The first-order chi connectivity index (χ1) is 5.36. The van der Waals surface area contributed by atoms with Crippen LogP contribution in [-0.4, -0.2) is 18.2 Å². The normalized spacial score (nSPS) is 39.0. The van der Waals surface area contributed by atoms with Crippen molar-refractivity contribution in [2.24, 2.45) is 5.73 Å². The van der Waals surface area contributed by atoms with Gasteiger partial charge in [0.2, 0.25) is 0 Å². The van der Waals surface area contributed by atoms with E-state index in [4.69, 9.17) is 10.5 Å². The average molecular weight is 155 g/mol. The van der Waals surface area contributed by atoms with Gasteiger partial charge in [-0.15, -0.1) is 0 Å². The van der Waals surface area contributed by atoms with Crippen LogP contribution in [0.2, 0.25) is 0 Å². The zero-order chi connectivity index (χ0) is 7.68. The molecule has 0 saturated heterocycles. The van der Waals surface area contributed by atoms with Gasteiger partial charge in [-0.2, -0.15) is 0 Å². The monoisotopic (exact) mass is 155 g/mol. The van der Waals surface area contributed by atoms with E-state index >= 15 is 0 Å². The molecule has 2 atom stereocenters. The Morgan fingerprint density at radius 3 is 2.36 bits per heavy atom. The second-order valence-corrected chi connectivity index (χ2v) is 3.82. The lowest BCUT2D eigenvalue weighted by atomic mass is 9.93. The van der Waals surface area contributed by atoms with Crippen molar-refractivity contribution in [1.82, 2.24) is 0 Å². The highest BCUT2D eigenvalue weighted by Crippen LogP contribution is 2.29. The molecule has 0 amide bonds. The van der Waals surface area contributed by atoms with E-state index in [1.807, 2.05) is 0 Å². The Labute approximate surface area is 68.1 Å². The van der Waals surface area contributed by atoms with Gasteiger partial charge in [0, 0.05) is 6.04 Å². The van der Waals surface area contributed by atoms with Gasteiger partial charge in [0.25, 0.3) is 0 Å². The number of hydrogen-bond acceptors (Lipinski definition) is 2. The summed E-state index contributed by atoms with van der Waals surface area (Å²) in [6.45, 7) is 0. The van der Waals surface area contributed by atoms with Crippen LogP contribution in [0.15, 0.2) is 0 Å². The lowest BCUT2D eigenvalue weighted by molar-refractivity contribution is 0.00374. The van der Waals surface area contributed by atoms with Crippen molar-refractivity contribution in [1.29, 1.82) is 0 Å². The van der Waals surface area contributed by atoms with Crippen molar-refractivity contribution in [3.63, 3.8) is 0 Å². The summed E-state index contributed by atoms with van der Waals surface area (Å²) in [6.07, 6.45) is 8.46. The maximum Gasteiger partial charge on any atom is 0.0729 e. The third kappa shape index (κ3) is 1.94. The Bertz CT molecular complexity index is 134. The van der Waals surface area contributed by atoms with E-state index in [-0.39, 0.29) is 0 Å². The Balaban J connectivity index is 1.78. The number of rotatable bonds is 2. The lowest BCUT2D eigenvalue weighted by Gasteiger charge is -2.28. The van der Waals surface area contributed by atoms with E-state index in [9.17, 15) is 0 Å². The molecule has 64 valence electrons. The molecule has 2 rings (SSSR count). The van der Waals surface area contributed by atoms with Crippen LogP contribution in [0.3, 0.4) is 0 Å². The van der Waals surface area contributed by atoms with Crippen molar-refractivity contribution in [2.75, 3.05) is 0 Å². The highest BCUT2D eigenvalue weighted by molar-refractivity contribution is 4.83. The van der Waals surface area contributed by atoms with Gasteiger partial charge in [-0.05, 0) is 25.7 Å². The van der Waals surface area contributed by atoms with E-state index < -0.39 is 0 Å². The summed E-state index contributed by atoms with van der Waals surface area (Å²) in [5.74, 6) is 0. The predicted molar refractivity (Wildman–Crippen MR) is 44.3 cm³/mol. The molecule has 0 aromatic carbocycles. The van der Waals surface area contributed by atoms with Crippen LogP contribution in [0.1, 0.15) is 38.5 Å². The summed E-state index contributed by atoms with van der Waals surface area (Å²) in [5, 5.41) is 0.